The van der Waals surface area contributed by atoms with Crippen LogP contribution < -0.4 is 5.32 Å². The Hall–Kier alpha value is -5.13. The SMILES string of the molecule is CC.CCN(C)C.Cc1c(Nc2nccc3cc(CN4CCCC4)cnc23)cccc1-c1cccc(-c2nc3c(o2)CN(C=O)C3)c1C.O=CO. The Balaban J connectivity index is 0.000000524. The summed E-state index contributed by atoms with van der Waals surface area (Å²) in [5.41, 5.74) is 9.33. The van der Waals surface area contributed by atoms with Crippen LogP contribution in [0.15, 0.2) is 65.3 Å². The first-order chi connectivity index (χ1) is 24.8. The second-order valence-electron chi connectivity index (χ2n) is 12.5. The van der Waals surface area contributed by atoms with Crippen LogP contribution in [0.3, 0.4) is 0 Å². The fourth-order valence-electron chi connectivity index (χ4n) is 6.08. The van der Waals surface area contributed by atoms with Gasteiger partial charge in [-0.05, 0) is 113 Å². The fraction of sp³-hybridized carbons (Fsp3) is 0.375. The van der Waals surface area contributed by atoms with Gasteiger partial charge >= 0.3 is 0 Å². The van der Waals surface area contributed by atoms with Gasteiger partial charge in [0.2, 0.25) is 12.3 Å². The third kappa shape index (κ3) is 9.56. The fourth-order valence-corrected chi connectivity index (χ4v) is 6.08. The summed E-state index contributed by atoms with van der Waals surface area (Å²) in [6.07, 6.45) is 7.24. The van der Waals surface area contributed by atoms with Gasteiger partial charge in [-0.3, -0.25) is 19.5 Å². The molecule has 3 aromatic heterocycles. The maximum absolute atomic E-state index is 11.1. The standard InChI is InChI=1S/C33H32N6O2.C4H11N.C2H6.CH2O2/c1-21-25(7-5-9-27(21)33-37-29-18-39(20-40)19-30(29)41-33)26-8-6-10-28(22(26)2)36-32-31-24(11-12-34-32)15-23(16-35-31)17-38-13-3-4-14-38;1-4-5(2)3;1-2;2-1-3/h5-12,15-16,20H,3-4,13-14,17-19H2,1-2H3,(H,34,36);4H2,1-3H3;1-2H3;1H,(H,2,3). The molecule has 11 nitrogen and oxygen atoms in total. The lowest BCUT2D eigenvalue weighted by atomic mass is 9.93. The van der Waals surface area contributed by atoms with E-state index in [1.54, 1.807) is 4.90 Å². The lowest BCUT2D eigenvalue weighted by molar-refractivity contribution is -0.123. The van der Waals surface area contributed by atoms with Crippen LogP contribution in [-0.2, 0) is 29.2 Å². The van der Waals surface area contributed by atoms with Crippen molar-refractivity contribution in [1.29, 1.82) is 0 Å². The molecule has 0 unspecified atom stereocenters. The molecule has 5 aromatic rings. The number of likely N-dealkylation sites (tertiary alicyclic amines) is 1. The number of rotatable bonds is 8. The van der Waals surface area contributed by atoms with Gasteiger partial charge in [0.05, 0.1) is 13.1 Å². The Morgan fingerprint density at radius 2 is 1.59 bits per heavy atom. The van der Waals surface area contributed by atoms with Gasteiger partial charge in [0, 0.05) is 35.6 Å². The third-order valence-electron chi connectivity index (χ3n) is 8.96. The number of amides is 1. The molecule has 2 aliphatic rings. The molecule has 2 N–H and O–H groups in total. The second kappa shape index (κ2) is 18.7. The summed E-state index contributed by atoms with van der Waals surface area (Å²) in [7, 11) is 4.11. The van der Waals surface area contributed by atoms with Gasteiger partial charge in [0.1, 0.15) is 17.0 Å². The lowest BCUT2D eigenvalue weighted by Gasteiger charge is -2.17. The predicted molar refractivity (Wildman–Crippen MR) is 204 cm³/mol. The van der Waals surface area contributed by atoms with E-state index < -0.39 is 0 Å². The van der Waals surface area contributed by atoms with E-state index >= 15 is 0 Å². The average molecular weight is 694 g/mol. The van der Waals surface area contributed by atoms with Crippen LogP contribution in [0.5, 0.6) is 0 Å². The van der Waals surface area contributed by atoms with E-state index in [-0.39, 0.29) is 6.47 Å². The minimum atomic E-state index is -0.250. The largest absolute Gasteiger partial charge is 0.483 e. The molecule has 0 radical (unpaired) electrons. The number of oxazole rings is 1. The van der Waals surface area contributed by atoms with E-state index in [0.29, 0.717) is 19.0 Å². The molecule has 0 atom stereocenters. The van der Waals surface area contributed by atoms with Gasteiger partial charge in [-0.1, -0.05) is 45.0 Å². The number of carbonyl (C=O) groups excluding carboxylic acids is 1. The highest BCUT2D eigenvalue weighted by molar-refractivity contribution is 5.91. The molecule has 0 aliphatic carbocycles. The summed E-state index contributed by atoms with van der Waals surface area (Å²) < 4.78 is 6.09. The number of anilines is 2. The zero-order valence-electron chi connectivity index (χ0n) is 30.9. The summed E-state index contributed by atoms with van der Waals surface area (Å²) in [5.74, 6) is 2.11. The number of hydrogen-bond donors (Lipinski definition) is 2. The third-order valence-corrected chi connectivity index (χ3v) is 8.96. The normalized spacial score (nSPS) is 13.4. The summed E-state index contributed by atoms with van der Waals surface area (Å²) in [6.45, 7) is 15.5. The van der Waals surface area contributed by atoms with Crippen LogP contribution >= 0.6 is 0 Å². The second-order valence-corrected chi connectivity index (χ2v) is 12.5. The van der Waals surface area contributed by atoms with Gasteiger partial charge in [-0.15, -0.1) is 0 Å². The van der Waals surface area contributed by atoms with Crippen LogP contribution in [-0.4, -0.2) is 81.4 Å². The van der Waals surface area contributed by atoms with Gasteiger partial charge in [0.15, 0.2) is 5.82 Å². The molecule has 0 spiro atoms. The van der Waals surface area contributed by atoms with Gasteiger partial charge in [-0.2, -0.15) is 0 Å². The molecular formula is C40H51N7O4. The van der Waals surface area contributed by atoms with Crippen molar-refractivity contribution in [3.63, 3.8) is 0 Å². The number of aromatic nitrogens is 3. The van der Waals surface area contributed by atoms with Crippen molar-refractivity contribution in [2.75, 3.05) is 39.0 Å². The highest BCUT2D eigenvalue weighted by Gasteiger charge is 2.26. The van der Waals surface area contributed by atoms with E-state index in [1.165, 1.54) is 31.5 Å². The molecule has 1 saturated heterocycles. The number of hydrogen-bond acceptors (Lipinski definition) is 9. The molecule has 11 heteroatoms. The molecule has 1 fully saturated rings. The van der Waals surface area contributed by atoms with Crippen LogP contribution in [0, 0.1) is 13.8 Å². The minimum Gasteiger partial charge on any atom is -0.483 e. The lowest BCUT2D eigenvalue weighted by Crippen LogP contribution is -2.18. The maximum atomic E-state index is 11.1. The highest BCUT2D eigenvalue weighted by Crippen LogP contribution is 2.37. The van der Waals surface area contributed by atoms with Crippen molar-refractivity contribution in [3.8, 4) is 22.6 Å². The van der Waals surface area contributed by atoms with Gasteiger partial charge < -0.3 is 24.6 Å². The predicted octanol–water partition coefficient (Wildman–Crippen LogP) is 7.67. The Bertz CT molecular complexity index is 1880. The van der Waals surface area contributed by atoms with Crippen LogP contribution in [0.4, 0.5) is 11.5 Å². The zero-order chi connectivity index (χ0) is 36.9. The first-order valence-electron chi connectivity index (χ1n) is 17.6. The zero-order valence-corrected chi connectivity index (χ0v) is 30.9. The Kier molecular flexibility index (Phi) is 14.2. The topological polar surface area (TPSA) is 128 Å². The number of pyridine rings is 2. The van der Waals surface area contributed by atoms with Crippen LogP contribution in [0.25, 0.3) is 33.5 Å². The smallest absolute Gasteiger partial charge is 0.290 e. The Labute approximate surface area is 301 Å². The molecule has 1 amide bonds. The first-order valence-corrected chi connectivity index (χ1v) is 17.6. The van der Waals surface area contributed by atoms with Gasteiger partial charge in [-0.25, -0.2) is 9.97 Å². The minimum absolute atomic E-state index is 0.250. The number of nitrogens with zero attached hydrogens (tertiary/aromatic N) is 6. The summed E-state index contributed by atoms with van der Waals surface area (Å²) in [6, 6.07) is 16.8. The van der Waals surface area contributed by atoms with E-state index in [0.717, 1.165) is 81.2 Å². The molecule has 5 heterocycles. The highest BCUT2D eigenvalue weighted by atomic mass is 16.4. The van der Waals surface area contributed by atoms with E-state index in [9.17, 15) is 4.79 Å². The number of nitrogens with one attached hydrogen (secondary N) is 1. The Morgan fingerprint density at radius 1 is 0.941 bits per heavy atom. The van der Waals surface area contributed by atoms with Crippen molar-refractivity contribution in [2.24, 2.45) is 0 Å². The molecular weight excluding hydrogens is 642 g/mol. The van der Waals surface area contributed by atoms with Crippen molar-refractivity contribution >= 4 is 35.3 Å². The summed E-state index contributed by atoms with van der Waals surface area (Å²) in [5, 5.41) is 11.5. The molecule has 7 rings (SSSR count). The number of carbonyl (C=O) groups is 2. The van der Waals surface area contributed by atoms with Crippen molar-refractivity contribution in [1.82, 2.24) is 29.7 Å². The molecule has 2 aliphatic heterocycles. The van der Waals surface area contributed by atoms with Crippen LogP contribution in [0.1, 0.15) is 61.8 Å². The monoisotopic (exact) mass is 693 g/mol. The average Bonchev–Trinajstić information content (AvgIpc) is 3.89. The molecule has 0 bridgehead atoms. The number of carboxylic acid groups (broad SMARTS) is 1. The molecule has 0 saturated carbocycles. The Morgan fingerprint density at radius 3 is 2.24 bits per heavy atom. The first kappa shape index (κ1) is 38.7. The van der Waals surface area contributed by atoms with Crippen molar-refractivity contribution < 1.29 is 19.1 Å². The van der Waals surface area contributed by atoms with E-state index in [4.69, 9.17) is 24.3 Å². The summed E-state index contributed by atoms with van der Waals surface area (Å²) >= 11 is 0. The van der Waals surface area contributed by atoms with Gasteiger partial charge in [0.25, 0.3) is 6.47 Å². The number of fused-ring (bicyclic) bond motifs is 2. The molecule has 2 aromatic carbocycles. The summed E-state index contributed by atoms with van der Waals surface area (Å²) in [4.78, 5) is 40.0. The van der Waals surface area contributed by atoms with Crippen molar-refractivity contribution in [3.05, 3.63) is 89.1 Å². The molecule has 51 heavy (non-hydrogen) atoms. The maximum Gasteiger partial charge on any atom is 0.290 e. The number of benzene rings is 2. The molecule has 270 valence electrons. The van der Waals surface area contributed by atoms with Crippen LogP contribution in [0.2, 0.25) is 0 Å². The van der Waals surface area contributed by atoms with E-state index in [1.807, 2.05) is 44.4 Å². The quantitative estimate of drug-likeness (QED) is 0.156. The van der Waals surface area contributed by atoms with Crippen molar-refractivity contribution in [2.45, 2.75) is 67.1 Å². The van der Waals surface area contributed by atoms with E-state index in [2.05, 4.69) is 85.3 Å².